The van der Waals surface area contributed by atoms with Gasteiger partial charge in [0, 0.05) is 16.7 Å². The van der Waals surface area contributed by atoms with Gasteiger partial charge in [-0.3, -0.25) is 0 Å². The molecule has 21 heavy (non-hydrogen) atoms. The van der Waals surface area contributed by atoms with Crippen molar-refractivity contribution < 1.29 is 14.7 Å². The molecule has 2 rings (SSSR count). The molecule has 2 atom stereocenters. The summed E-state index contributed by atoms with van der Waals surface area (Å²) in [5, 5.41) is 12.1. The van der Waals surface area contributed by atoms with Crippen molar-refractivity contribution in [2.45, 2.75) is 33.2 Å². The van der Waals surface area contributed by atoms with Crippen LogP contribution in [0.1, 0.15) is 24.5 Å². The zero-order valence-corrected chi connectivity index (χ0v) is 13.9. The van der Waals surface area contributed by atoms with Crippen molar-refractivity contribution in [1.82, 2.24) is 4.90 Å². The van der Waals surface area contributed by atoms with Gasteiger partial charge in [0.2, 0.25) is 0 Å². The summed E-state index contributed by atoms with van der Waals surface area (Å²) in [6.07, 6.45) is 0.711. The van der Waals surface area contributed by atoms with Crippen molar-refractivity contribution >= 4 is 33.6 Å². The Kier molecular flexibility index (Phi) is 4.56. The third-order valence-corrected chi connectivity index (χ3v) is 5.15. The number of hydrogen-bond acceptors (Lipinski definition) is 2. The van der Waals surface area contributed by atoms with Crippen molar-refractivity contribution in [3.63, 3.8) is 0 Å². The number of carbonyl (C=O) groups is 2. The van der Waals surface area contributed by atoms with Crippen molar-refractivity contribution in [1.29, 1.82) is 0 Å². The van der Waals surface area contributed by atoms with Gasteiger partial charge in [-0.05, 0) is 49.4 Å². The fourth-order valence-corrected chi connectivity index (χ4v) is 2.99. The minimum Gasteiger partial charge on any atom is -0.480 e. The molecular formula is C15H19BrN2O3. The summed E-state index contributed by atoms with van der Waals surface area (Å²) in [6.45, 7) is 6.23. The molecule has 2 N–H and O–H groups in total. The predicted octanol–water partition coefficient (Wildman–Crippen LogP) is 3.39. The molecule has 0 aromatic heterocycles. The van der Waals surface area contributed by atoms with Gasteiger partial charge < -0.3 is 15.3 Å². The highest BCUT2D eigenvalue weighted by atomic mass is 79.9. The number of halogens is 1. The first-order chi connectivity index (χ1) is 9.81. The second kappa shape index (κ2) is 6.05. The topological polar surface area (TPSA) is 69.6 Å². The van der Waals surface area contributed by atoms with Crippen LogP contribution in [0.5, 0.6) is 0 Å². The molecule has 114 valence electrons. The number of benzene rings is 1. The van der Waals surface area contributed by atoms with E-state index in [-0.39, 0.29) is 11.9 Å². The largest absolute Gasteiger partial charge is 0.480 e. The molecule has 1 heterocycles. The number of carboxylic acids is 1. The highest BCUT2D eigenvalue weighted by Gasteiger charge is 2.39. The van der Waals surface area contributed by atoms with E-state index in [4.69, 9.17) is 0 Å². The summed E-state index contributed by atoms with van der Waals surface area (Å²) in [4.78, 5) is 25.0. The lowest BCUT2D eigenvalue weighted by Gasteiger charge is -2.24. The number of nitrogens with one attached hydrogen (secondary N) is 1. The fourth-order valence-electron chi connectivity index (χ4n) is 2.76. The van der Waals surface area contributed by atoms with Crippen LogP contribution in [0, 0.1) is 19.8 Å². The van der Waals surface area contributed by atoms with Gasteiger partial charge in [-0.15, -0.1) is 0 Å². The lowest BCUT2D eigenvalue weighted by Crippen LogP contribution is -2.44. The molecule has 0 bridgehead atoms. The third kappa shape index (κ3) is 3.20. The van der Waals surface area contributed by atoms with Crippen molar-refractivity contribution in [2.75, 3.05) is 11.9 Å². The molecular weight excluding hydrogens is 336 g/mol. The maximum atomic E-state index is 12.3. The Balaban J connectivity index is 2.17. The predicted molar refractivity (Wildman–Crippen MR) is 84.5 cm³/mol. The first kappa shape index (κ1) is 15.8. The number of carbonyl (C=O) groups excluding carboxylic acids is 1. The van der Waals surface area contributed by atoms with E-state index in [2.05, 4.69) is 21.2 Å². The molecule has 0 saturated carbocycles. The summed E-state index contributed by atoms with van der Waals surface area (Å²) in [7, 11) is 0. The quantitative estimate of drug-likeness (QED) is 0.854. The maximum Gasteiger partial charge on any atom is 0.326 e. The molecule has 6 heteroatoms. The van der Waals surface area contributed by atoms with Crippen LogP contribution in [0.4, 0.5) is 10.5 Å². The minimum atomic E-state index is -0.946. The first-order valence-corrected chi connectivity index (χ1v) is 7.67. The number of urea groups is 1. The molecule has 0 radical (unpaired) electrons. The van der Waals surface area contributed by atoms with E-state index in [0.717, 1.165) is 15.6 Å². The Hall–Kier alpha value is -1.56. The number of likely N-dealkylation sites (tertiary alicyclic amines) is 1. The molecule has 5 nitrogen and oxygen atoms in total. The number of anilines is 1. The first-order valence-electron chi connectivity index (χ1n) is 6.88. The number of hydrogen-bond donors (Lipinski definition) is 2. The Morgan fingerprint density at radius 1 is 1.33 bits per heavy atom. The summed E-state index contributed by atoms with van der Waals surface area (Å²) in [6, 6.07) is 2.63. The second-order valence-corrected chi connectivity index (χ2v) is 6.39. The molecule has 1 aliphatic heterocycles. The third-order valence-electron chi connectivity index (χ3n) is 3.90. The van der Waals surface area contributed by atoms with Crippen LogP contribution in [0.3, 0.4) is 0 Å². The maximum absolute atomic E-state index is 12.3. The molecule has 1 aromatic carbocycles. The summed E-state index contributed by atoms with van der Waals surface area (Å²) in [5.74, 6) is -0.972. The van der Waals surface area contributed by atoms with Crippen LogP contribution in [0.15, 0.2) is 16.6 Å². The van der Waals surface area contributed by atoms with Gasteiger partial charge in [0.25, 0.3) is 0 Å². The summed E-state index contributed by atoms with van der Waals surface area (Å²) in [5.41, 5.74) is 2.73. The van der Waals surface area contributed by atoms with E-state index in [9.17, 15) is 14.7 Å². The van der Waals surface area contributed by atoms with Gasteiger partial charge in [-0.2, -0.15) is 0 Å². The highest BCUT2D eigenvalue weighted by Crippen LogP contribution is 2.27. The molecule has 2 amide bonds. The van der Waals surface area contributed by atoms with Gasteiger partial charge >= 0.3 is 12.0 Å². The average molecular weight is 355 g/mol. The number of aryl methyl sites for hydroxylation is 2. The van der Waals surface area contributed by atoms with E-state index >= 15 is 0 Å². The van der Waals surface area contributed by atoms with Crippen LogP contribution in [-0.2, 0) is 4.79 Å². The van der Waals surface area contributed by atoms with Gasteiger partial charge in [-0.25, -0.2) is 9.59 Å². The zero-order valence-electron chi connectivity index (χ0n) is 12.3. The molecule has 1 aliphatic rings. The van der Waals surface area contributed by atoms with Gasteiger partial charge in [0.15, 0.2) is 0 Å². The standard InChI is InChI=1S/C15H19BrN2O3/c1-8-4-5-18(13(8)14(19)20)15(21)17-11-6-9(2)12(16)10(3)7-11/h6-8,13H,4-5H2,1-3H3,(H,17,21)(H,19,20). The van der Waals surface area contributed by atoms with E-state index in [1.165, 1.54) is 4.90 Å². The van der Waals surface area contributed by atoms with Crippen molar-refractivity contribution in [3.05, 3.63) is 27.7 Å². The van der Waals surface area contributed by atoms with Crippen LogP contribution in [0.25, 0.3) is 0 Å². The Morgan fingerprint density at radius 3 is 2.43 bits per heavy atom. The molecule has 1 fully saturated rings. The monoisotopic (exact) mass is 354 g/mol. The number of rotatable bonds is 2. The number of aliphatic carboxylic acids is 1. The van der Waals surface area contributed by atoms with Gasteiger partial charge in [-0.1, -0.05) is 22.9 Å². The van der Waals surface area contributed by atoms with Crippen LogP contribution < -0.4 is 5.32 Å². The van der Waals surface area contributed by atoms with Crippen molar-refractivity contribution in [2.24, 2.45) is 5.92 Å². The smallest absolute Gasteiger partial charge is 0.326 e. The SMILES string of the molecule is Cc1cc(NC(=O)N2CCC(C)C2C(=O)O)cc(C)c1Br. The second-order valence-electron chi connectivity index (χ2n) is 5.60. The van der Waals surface area contributed by atoms with E-state index in [1.54, 1.807) is 0 Å². The van der Waals surface area contributed by atoms with Crippen LogP contribution in [-0.4, -0.2) is 34.6 Å². The zero-order chi connectivity index (χ0) is 15.7. The molecule has 2 unspecified atom stereocenters. The Labute approximate surface area is 132 Å². The number of amides is 2. The minimum absolute atomic E-state index is 0.0263. The van der Waals surface area contributed by atoms with E-state index in [0.29, 0.717) is 18.7 Å². The van der Waals surface area contributed by atoms with E-state index in [1.807, 2.05) is 32.9 Å². The Bertz CT molecular complexity index is 565. The average Bonchev–Trinajstić information content (AvgIpc) is 2.78. The lowest BCUT2D eigenvalue weighted by molar-refractivity contribution is -0.142. The normalized spacial score (nSPS) is 21.4. The van der Waals surface area contributed by atoms with Gasteiger partial charge in [0.05, 0.1) is 0 Å². The molecule has 1 aromatic rings. The molecule has 0 spiro atoms. The number of nitrogens with zero attached hydrogens (tertiary/aromatic N) is 1. The highest BCUT2D eigenvalue weighted by molar-refractivity contribution is 9.10. The van der Waals surface area contributed by atoms with Crippen molar-refractivity contribution in [3.8, 4) is 0 Å². The molecule has 1 saturated heterocycles. The Morgan fingerprint density at radius 2 is 1.90 bits per heavy atom. The lowest BCUT2D eigenvalue weighted by atomic mass is 10.0. The van der Waals surface area contributed by atoms with Crippen LogP contribution in [0.2, 0.25) is 0 Å². The van der Waals surface area contributed by atoms with E-state index < -0.39 is 12.0 Å². The van der Waals surface area contributed by atoms with Crippen LogP contribution >= 0.6 is 15.9 Å². The fraction of sp³-hybridized carbons (Fsp3) is 0.467. The summed E-state index contributed by atoms with van der Waals surface area (Å²) < 4.78 is 1.01. The van der Waals surface area contributed by atoms with Gasteiger partial charge in [0.1, 0.15) is 6.04 Å². The summed E-state index contributed by atoms with van der Waals surface area (Å²) >= 11 is 3.48. The molecule has 0 aliphatic carbocycles. The number of carboxylic acid groups (broad SMARTS) is 1.